The van der Waals surface area contributed by atoms with Crippen molar-refractivity contribution in [1.82, 2.24) is 10.3 Å². The number of nitrogens with one attached hydrogen (secondary N) is 2. The van der Waals surface area contributed by atoms with E-state index < -0.39 is 0 Å². The Kier molecular flexibility index (Phi) is 6.28. The van der Waals surface area contributed by atoms with Crippen LogP contribution >= 0.6 is 11.6 Å². The summed E-state index contributed by atoms with van der Waals surface area (Å²) in [7, 11) is 0. The summed E-state index contributed by atoms with van der Waals surface area (Å²) < 4.78 is 5.59. The third-order valence-electron chi connectivity index (χ3n) is 3.84. The van der Waals surface area contributed by atoms with Gasteiger partial charge in [-0.05, 0) is 48.9 Å². The number of ether oxygens (including phenoxy) is 1. The van der Waals surface area contributed by atoms with Crippen molar-refractivity contribution in [3.63, 3.8) is 0 Å². The molecule has 6 heteroatoms. The number of rotatable bonds is 7. The molecule has 0 saturated carbocycles. The Hall–Kier alpha value is -3.05. The molecule has 0 aliphatic heterocycles. The smallest absolute Gasteiger partial charge is 0.253 e. The van der Waals surface area contributed by atoms with Gasteiger partial charge in [0.25, 0.3) is 5.91 Å². The largest absolute Gasteiger partial charge is 0.492 e. The molecule has 2 N–H and O–H groups in total. The van der Waals surface area contributed by atoms with E-state index >= 15 is 0 Å². The number of hydrogen-bond acceptors (Lipinski definition) is 4. The van der Waals surface area contributed by atoms with E-state index in [4.69, 9.17) is 16.3 Å². The molecule has 0 bridgehead atoms. The van der Waals surface area contributed by atoms with Gasteiger partial charge in [-0.25, -0.2) is 4.98 Å². The lowest BCUT2D eigenvalue weighted by Gasteiger charge is -2.12. The zero-order chi connectivity index (χ0) is 19.1. The van der Waals surface area contributed by atoms with Crippen molar-refractivity contribution in [3.05, 3.63) is 83.0 Å². The molecule has 138 valence electrons. The fraction of sp³-hybridized carbons (Fsp3) is 0.143. The molecule has 0 radical (unpaired) electrons. The van der Waals surface area contributed by atoms with Gasteiger partial charge >= 0.3 is 0 Å². The molecular weight excluding hydrogens is 362 g/mol. The van der Waals surface area contributed by atoms with Crippen LogP contribution in [0.1, 0.15) is 22.8 Å². The van der Waals surface area contributed by atoms with Crippen molar-refractivity contribution in [2.24, 2.45) is 0 Å². The zero-order valence-corrected chi connectivity index (χ0v) is 15.7. The van der Waals surface area contributed by atoms with Crippen molar-refractivity contribution >= 4 is 29.0 Å². The maximum Gasteiger partial charge on any atom is 0.253 e. The molecule has 1 amide bonds. The maximum absolute atomic E-state index is 12.3. The maximum atomic E-state index is 12.3. The number of halogens is 1. The molecule has 1 aromatic heterocycles. The number of amides is 1. The fourth-order valence-electron chi connectivity index (χ4n) is 2.48. The van der Waals surface area contributed by atoms with Crippen LogP contribution in [0, 0.1) is 0 Å². The molecule has 0 fully saturated rings. The first-order chi connectivity index (χ1) is 13.2. The molecule has 0 aliphatic rings. The van der Waals surface area contributed by atoms with Crippen LogP contribution in [0.2, 0.25) is 5.02 Å². The monoisotopic (exact) mass is 381 g/mol. The Bertz CT molecular complexity index is 896. The summed E-state index contributed by atoms with van der Waals surface area (Å²) >= 11 is 5.86. The van der Waals surface area contributed by atoms with E-state index in [-0.39, 0.29) is 5.91 Å². The number of benzene rings is 2. The number of carbonyl (C=O) groups excluding carboxylic acids is 1. The lowest BCUT2D eigenvalue weighted by atomic mass is 10.2. The van der Waals surface area contributed by atoms with E-state index in [0.29, 0.717) is 29.6 Å². The number of anilines is 2. The molecule has 3 aromatic rings. The highest BCUT2D eigenvalue weighted by Crippen LogP contribution is 2.26. The van der Waals surface area contributed by atoms with Gasteiger partial charge in [-0.3, -0.25) is 4.79 Å². The van der Waals surface area contributed by atoms with Gasteiger partial charge in [-0.15, -0.1) is 0 Å². The van der Waals surface area contributed by atoms with Gasteiger partial charge < -0.3 is 15.4 Å². The molecule has 3 rings (SSSR count). The summed E-state index contributed by atoms with van der Waals surface area (Å²) in [6, 6.07) is 18.5. The van der Waals surface area contributed by atoms with E-state index in [1.165, 1.54) is 0 Å². The molecule has 0 unspecified atom stereocenters. The van der Waals surface area contributed by atoms with Crippen molar-refractivity contribution < 1.29 is 9.53 Å². The van der Waals surface area contributed by atoms with Gasteiger partial charge in [0.15, 0.2) is 0 Å². The van der Waals surface area contributed by atoms with Crippen LogP contribution in [0.5, 0.6) is 5.75 Å². The van der Waals surface area contributed by atoms with E-state index in [0.717, 1.165) is 17.0 Å². The van der Waals surface area contributed by atoms with Crippen LogP contribution in [0.15, 0.2) is 66.9 Å². The number of aromatic nitrogens is 1. The Morgan fingerprint density at radius 3 is 2.56 bits per heavy atom. The molecule has 0 aliphatic carbocycles. The normalized spacial score (nSPS) is 10.3. The van der Waals surface area contributed by atoms with Gasteiger partial charge in [-0.2, -0.15) is 0 Å². The average Bonchev–Trinajstić information content (AvgIpc) is 2.69. The van der Waals surface area contributed by atoms with Crippen LogP contribution in [0.3, 0.4) is 0 Å². The number of hydrogen-bond donors (Lipinski definition) is 2. The second-order valence-corrected chi connectivity index (χ2v) is 6.23. The zero-order valence-electron chi connectivity index (χ0n) is 14.9. The summed E-state index contributed by atoms with van der Waals surface area (Å²) in [5.74, 6) is 1.21. The topological polar surface area (TPSA) is 63.2 Å². The minimum atomic E-state index is -0.182. The number of carbonyl (C=O) groups is 1. The lowest BCUT2D eigenvalue weighted by molar-refractivity contribution is 0.0950. The van der Waals surface area contributed by atoms with Gasteiger partial charge in [-0.1, -0.05) is 35.9 Å². The number of nitrogens with zero attached hydrogens (tertiary/aromatic N) is 1. The standard InChI is InChI=1S/C21H20ClN3O2/c1-2-27-19-6-4-3-5-18(19)25-20-12-9-16(14-23-20)21(26)24-13-15-7-10-17(22)11-8-15/h3-12,14H,2,13H2,1H3,(H,23,25)(H,24,26). The summed E-state index contributed by atoms with van der Waals surface area (Å²) in [5.41, 5.74) is 2.30. The molecule has 0 spiro atoms. The molecule has 5 nitrogen and oxygen atoms in total. The molecule has 2 aromatic carbocycles. The lowest BCUT2D eigenvalue weighted by Crippen LogP contribution is -2.22. The predicted molar refractivity (Wildman–Crippen MR) is 108 cm³/mol. The van der Waals surface area contributed by atoms with Gasteiger partial charge in [0.05, 0.1) is 17.9 Å². The Morgan fingerprint density at radius 2 is 1.85 bits per heavy atom. The average molecular weight is 382 g/mol. The van der Waals surface area contributed by atoms with Crippen LogP contribution in [-0.4, -0.2) is 17.5 Å². The molecule has 0 saturated heterocycles. The second-order valence-electron chi connectivity index (χ2n) is 5.80. The van der Waals surface area contributed by atoms with Crippen molar-refractivity contribution in [3.8, 4) is 5.75 Å². The van der Waals surface area contributed by atoms with Crippen LogP contribution in [0.25, 0.3) is 0 Å². The number of pyridine rings is 1. The Morgan fingerprint density at radius 1 is 1.07 bits per heavy atom. The van der Waals surface area contributed by atoms with Crippen molar-refractivity contribution in [1.29, 1.82) is 0 Å². The highest BCUT2D eigenvalue weighted by Gasteiger charge is 2.08. The third kappa shape index (κ3) is 5.21. The summed E-state index contributed by atoms with van der Waals surface area (Å²) in [6.07, 6.45) is 1.54. The Labute approximate surface area is 163 Å². The van der Waals surface area contributed by atoms with Crippen molar-refractivity contribution in [2.45, 2.75) is 13.5 Å². The summed E-state index contributed by atoms with van der Waals surface area (Å²) in [4.78, 5) is 16.6. The summed E-state index contributed by atoms with van der Waals surface area (Å²) in [5, 5.41) is 6.74. The third-order valence-corrected chi connectivity index (χ3v) is 4.09. The highest BCUT2D eigenvalue weighted by molar-refractivity contribution is 6.30. The molecule has 0 atom stereocenters. The van der Waals surface area contributed by atoms with E-state index in [2.05, 4.69) is 15.6 Å². The minimum Gasteiger partial charge on any atom is -0.492 e. The Balaban J connectivity index is 1.61. The van der Waals surface area contributed by atoms with Gasteiger partial charge in [0.2, 0.25) is 0 Å². The fourth-order valence-corrected chi connectivity index (χ4v) is 2.60. The van der Waals surface area contributed by atoms with Gasteiger partial charge in [0, 0.05) is 17.8 Å². The van der Waals surface area contributed by atoms with E-state index in [9.17, 15) is 4.79 Å². The molecule has 27 heavy (non-hydrogen) atoms. The molecule has 1 heterocycles. The van der Waals surface area contributed by atoms with Crippen LogP contribution in [-0.2, 0) is 6.54 Å². The van der Waals surface area contributed by atoms with Crippen LogP contribution < -0.4 is 15.4 Å². The molecular formula is C21H20ClN3O2. The van der Waals surface area contributed by atoms with Crippen LogP contribution in [0.4, 0.5) is 11.5 Å². The second kappa shape index (κ2) is 9.05. The van der Waals surface area contributed by atoms with Gasteiger partial charge in [0.1, 0.15) is 11.6 Å². The van der Waals surface area contributed by atoms with Crippen molar-refractivity contribution in [2.75, 3.05) is 11.9 Å². The first-order valence-electron chi connectivity index (χ1n) is 8.63. The quantitative estimate of drug-likeness (QED) is 0.616. The SMILES string of the molecule is CCOc1ccccc1Nc1ccc(C(=O)NCc2ccc(Cl)cc2)cn1. The highest BCUT2D eigenvalue weighted by atomic mass is 35.5. The minimum absolute atomic E-state index is 0.182. The predicted octanol–water partition coefficient (Wildman–Crippen LogP) is 4.81. The first-order valence-corrected chi connectivity index (χ1v) is 9.01. The number of para-hydroxylation sites is 2. The first kappa shape index (κ1) is 18.7. The van der Waals surface area contributed by atoms with E-state index in [1.807, 2.05) is 43.3 Å². The van der Waals surface area contributed by atoms with E-state index in [1.54, 1.807) is 30.5 Å². The summed E-state index contributed by atoms with van der Waals surface area (Å²) in [6.45, 7) is 2.95.